The minimum Gasteiger partial charge on any atom is -0.399 e. The molecule has 2 rings (SSSR count). The molecule has 0 amide bonds. The van der Waals surface area contributed by atoms with Crippen molar-refractivity contribution in [3.8, 4) is 0 Å². The van der Waals surface area contributed by atoms with Crippen LogP contribution in [0.4, 0.5) is 5.69 Å². The molecule has 1 aliphatic heterocycles. The minimum absolute atomic E-state index is 0.108. The molecule has 3 N–H and O–H groups in total. The van der Waals surface area contributed by atoms with Crippen LogP contribution in [0.1, 0.15) is 18.9 Å². The molecule has 16 heavy (non-hydrogen) atoms. The van der Waals surface area contributed by atoms with Crippen molar-refractivity contribution in [2.75, 3.05) is 18.9 Å². The fourth-order valence-electron chi connectivity index (χ4n) is 1.90. The Hall–Kier alpha value is -0.580. The van der Waals surface area contributed by atoms with Crippen molar-refractivity contribution in [3.05, 3.63) is 28.2 Å². The molecule has 1 aromatic rings. The molecule has 0 aliphatic carbocycles. The molecule has 0 saturated carbocycles. The van der Waals surface area contributed by atoms with E-state index < -0.39 is 0 Å². The molecular weight excluding hydrogens is 268 g/mol. The third-order valence-electron chi connectivity index (χ3n) is 2.92. The van der Waals surface area contributed by atoms with Crippen LogP contribution in [0.5, 0.6) is 0 Å². The number of rotatable bonds is 3. The van der Waals surface area contributed by atoms with Gasteiger partial charge in [0.15, 0.2) is 0 Å². The highest BCUT2D eigenvalue weighted by Gasteiger charge is 2.28. The molecule has 1 saturated heterocycles. The molecule has 1 fully saturated rings. The average Bonchev–Trinajstić information content (AvgIpc) is 2.62. The first-order chi connectivity index (χ1) is 7.57. The standard InChI is InChI=1S/C12H17BrN2O/c1-12(2-3-16-8-12)15-7-9-4-10(13)6-11(14)5-9/h4-6,15H,2-3,7-8,14H2,1H3. The highest BCUT2D eigenvalue weighted by atomic mass is 79.9. The zero-order chi connectivity index (χ0) is 11.6. The van der Waals surface area contributed by atoms with Crippen LogP contribution in [-0.2, 0) is 11.3 Å². The molecule has 0 aromatic heterocycles. The quantitative estimate of drug-likeness (QED) is 0.838. The molecule has 1 atom stereocenters. The maximum Gasteiger partial charge on any atom is 0.0646 e. The van der Waals surface area contributed by atoms with E-state index in [4.69, 9.17) is 10.5 Å². The van der Waals surface area contributed by atoms with Gasteiger partial charge < -0.3 is 15.8 Å². The lowest BCUT2D eigenvalue weighted by molar-refractivity contribution is 0.171. The lowest BCUT2D eigenvalue weighted by atomic mass is 10.0. The number of nitrogen functional groups attached to an aromatic ring is 1. The Morgan fingerprint density at radius 1 is 1.50 bits per heavy atom. The van der Waals surface area contributed by atoms with Crippen molar-refractivity contribution < 1.29 is 4.74 Å². The first-order valence-corrected chi connectivity index (χ1v) is 6.24. The topological polar surface area (TPSA) is 47.3 Å². The van der Waals surface area contributed by atoms with Crippen LogP contribution in [-0.4, -0.2) is 18.8 Å². The van der Waals surface area contributed by atoms with Gasteiger partial charge in [-0.05, 0) is 37.1 Å². The summed E-state index contributed by atoms with van der Waals surface area (Å²) in [4.78, 5) is 0. The Morgan fingerprint density at radius 3 is 2.94 bits per heavy atom. The van der Waals surface area contributed by atoms with Gasteiger partial charge in [0.2, 0.25) is 0 Å². The minimum atomic E-state index is 0.108. The van der Waals surface area contributed by atoms with Gasteiger partial charge in [0, 0.05) is 28.9 Å². The maximum absolute atomic E-state index is 5.79. The highest BCUT2D eigenvalue weighted by molar-refractivity contribution is 9.10. The smallest absolute Gasteiger partial charge is 0.0646 e. The molecule has 0 spiro atoms. The van der Waals surface area contributed by atoms with Crippen LogP contribution in [0.25, 0.3) is 0 Å². The number of benzene rings is 1. The lowest BCUT2D eigenvalue weighted by Gasteiger charge is -2.23. The molecular formula is C12H17BrN2O. The zero-order valence-corrected chi connectivity index (χ0v) is 11.0. The molecule has 88 valence electrons. The van der Waals surface area contributed by atoms with Crippen molar-refractivity contribution in [2.45, 2.75) is 25.4 Å². The summed E-state index contributed by atoms with van der Waals surface area (Å²) in [5.41, 5.74) is 7.89. The van der Waals surface area contributed by atoms with E-state index >= 15 is 0 Å². The first-order valence-electron chi connectivity index (χ1n) is 5.45. The number of nitrogens with two attached hydrogens (primary N) is 1. The number of hydrogen-bond acceptors (Lipinski definition) is 3. The van der Waals surface area contributed by atoms with E-state index in [9.17, 15) is 0 Å². The van der Waals surface area contributed by atoms with E-state index in [0.717, 1.165) is 36.3 Å². The number of halogens is 1. The summed E-state index contributed by atoms with van der Waals surface area (Å²) in [5.74, 6) is 0. The monoisotopic (exact) mass is 284 g/mol. The highest BCUT2D eigenvalue weighted by Crippen LogP contribution is 2.20. The van der Waals surface area contributed by atoms with Crippen LogP contribution >= 0.6 is 15.9 Å². The largest absolute Gasteiger partial charge is 0.399 e. The molecule has 1 aliphatic rings. The van der Waals surface area contributed by atoms with Crippen molar-refractivity contribution >= 4 is 21.6 Å². The number of hydrogen-bond donors (Lipinski definition) is 2. The summed E-state index contributed by atoms with van der Waals surface area (Å²) in [6, 6.07) is 5.99. The van der Waals surface area contributed by atoms with E-state index in [2.05, 4.69) is 34.2 Å². The van der Waals surface area contributed by atoms with Gasteiger partial charge in [-0.2, -0.15) is 0 Å². The summed E-state index contributed by atoms with van der Waals surface area (Å²) in [7, 11) is 0. The Morgan fingerprint density at radius 2 is 2.31 bits per heavy atom. The van der Waals surface area contributed by atoms with E-state index in [1.165, 1.54) is 5.56 Å². The molecule has 4 heteroatoms. The normalized spacial score (nSPS) is 24.9. The maximum atomic E-state index is 5.79. The van der Waals surface area contributed by atoms with Crippen LogP contribution in [0.15, 0.2) is 22.7 Å². The van der Waals surface area contributed by atoms with E-state index in [1.54, 1.807) is 0 Å². The summed E-state index contributed by atoms with van der Waals surface area (Å²) < 4.78 is 6.42. The molecule has 0 bridgehead atoms. The number of nitrogens with one attached hydrogen (secondary N) is 1. The summed E-state index contributed by atoms with van der Waals surface area (Å²) >= 11 is 3.45. The third-order valence-corrected chi connectivity index (χ3v) is 3.38. The van der Waals surface area contributed by atoms with Crippen LogP contribution in [0.2, 0.25) is 0 Å². The van der Waals surface area contributed by atoms with Crippen LogP contribution in [0.3, 0.4) is 0 Å². The van der Waals surface area contributed by atoms with Gasteiger partial charge in [0.1, 0.15) is 0 Å². The first kappa shape index (κ1) is 11.9. The summed E-state index contributed by atoms with van der Waals surface area (Å²) in [6.45, 7) is 4.66. The number of ether oxygens (including phenoxy) is 1. The second kappa shape index (κ2) is 4.73. The third kappa shape index (κ3) is 2.97. The molecule has 0 radical (unpaired) electrons. The molecule has 1 unspecified atom stereocenters. The van der Waals surface area contributed by atoms with Crippen LogP contribution in [0, 0.1) is 0 Å². The Labute approximate surface area is 104 Å². The fraction of sp³-hybridized carbons (Fsp3) is 0.500. The van der Waals surface area contributed by atoms with Gasteiger partial charge >= 0.3 is 0 Å². The lowest BCUT2D eigenvalue weighted by Crippen LogP contribution is -2.42. The SMILES string of the molecule is CC1(NCc2cc(N)cc(Br)c2)CCOC1. The molecule has 3 nitrogen and oxygen atoms in total. The zero-order valence-electron chi connectivity index (χ0n) is 9.42. The molecule has 1 heterocycles. The van der Waals surface area contributed by atoms with Gasteiger partial charge in [0.25, 0.3) is 0 Å². The predicted octanol–water partition coefficient (Wildman–Crippen LogP) is 2.30. The van der Waals surface area contributed by atoms with Crippen molar-refractivity contribution in [1.82, 2.24) is 5.32 Å². The van der Waals surface area contributed by atoms with Crippen molar-refractivity contribution in [2.24, 2.45) is 0 Å². The predicted molar refractivity (Wildman–Crippen MR) is 69.2 cm³/mol. The fourth-order valence-corrected chi connectivity index (χ4v) is 2.46. The Balaban J connectivity index is 1.98. The Kier molecular flexibility index (Phi) is 3.52. The van der Waals surface area contributed by atoms with Crippen molar-refractivity contribution in [1.29, 1.82) is 0 Å². The van der Waals surface area contributed by atoms with Gasteiger partial charge in [-0.3, -0.25) is 0 Å². The summed E-state index contributed by atoms with van der Waals surface area (Å²) in [5, 5.41) is 3.53. The van der Waals surface area contributed by atoms with Crippen molar-refractivity contribution in [3.63, 3.8) is 0 Å². The van der Waals surface area contributed by atoms with E-state index in [0.29, 0.717) is 0 Å². The van der Waals surface area contributed by atoms with Crippen LogP contribution < -0.4 is 11.1 Å². The Bertz CT molecular complexity index is 355. The summed E-state index contributed by atoms with van der Waals surface area (Å²) in [6.07, 6.45) is 1.07. The van der Waals surface area contributed by atoms with Gasteiger partial charge in [0.05, 0.1) is 6.61 Å². The second-order valence-corrected chi connectivity index (χ2v) is 5.53. The van der Waals surface area contributed by atoms with Gasteiger partial charge in [-0.1, -0.05) is 15.9 Å². The van der Waals surface area contributed by atoms with E-state index in [-0.39, 0.29) is 5.54 Å². The van der Waals surface area contributed by atoms with E-state index in [1.807, 2.05) is 12.1 Å². The number of anilines is 1. The average molecular weight is 285 g/mol. The molecule has 1 aromatic carbocycles. The second-order valence-electron chi connectivity index (χ2n) is 4.61. The van der Waals surface area contributed by atoms with Gasteiger partial charge in [-0.25, -0.2) is 0 Å². The van der Waals surface area contributed by atoms with Gasteiger partial charge in [-0.15, -0.1) is 0 Å².